The van der Waals surface area contributed by atoms with Crippen LogP contribution in [-0.4, -0.2) is 29.7 Å². The van der Waals surface area contributed by atoms with Gasteiger partial charge in [0, 0.05) is 24.8 Å². The monoisotopic (exact) mass is 369 g/mol. The Morgan fingerprint density at radius 1 is 1.15 bits per heavy atom. The Morgan fingerprint density at radius 2 is 1.85 bits per heavy atom. The van der Waals surface area contributed by atoms with Crippen LogP contribution in [0.1, 0.15) is 24.1 Å². The maximum absolute atomic E-state index is 13.4. The van der Waals surface area contributed by atoms with Gasteiger partial charge in [-0.2, -0.15) is 22.5 Å². The SMILES string of the molecule is Cc1cc(F)nc(N2CCC(COc3ccccc3C(F)(F)F)CC2)n1. The topological polar surface area (TPSA) is 38.2 Å². The van der Waals surface area contributed by atoms with Crippen LogP contribution >= 0.6 is 0 Å². The van der Waals surface area contributed by atoms with Crippen molar-refractivity contribution in [1.82, 2.24) is 9.97 Å². The fraction of sp³-hybridized carbons (Fsp3) is 0.444. The zero-order chi connectivity index (χ0) is 18.7. The maximum atomic E-state index is 13.4. The summed E-state index contributed by atoms with van der Waals surface area (Å²) in [4.78, 5) is 9.93. The van der Waals surface area contributed by atoms with Gasteiger partial charge in [0.1, 0.15) is 5.75 Å². The quantitative estimate of drug-likeness (QED) is 0.597. The summed E-state index contributed by atoms with van der Waals surface area (Å²) in [7, 11) is 0. The third-order valence-corrected chi connectivity index (χ3v) is 4.38. The molecule has 0 N–H and O–H groups in total. The van der Waals surface area contributed by atoms with E-state index in [4.69, 9.17) is 4.74 Å². The van der Waals surface area contributed by atoms with Gasteiger partial charge in [-0.3, -0.25) is 0 Å². The second-order valence-electron chi connectivity index (χ2n) is 6.37. The molecule has 0 unspecified atom stereocenters. The molecule has 1 aromatic carbocycles. The molecule has 1 aromatic heterocycles. The largest absolute Gasteiger partial charge is 0.493 e. The molecule has 1 fully saturated rings. The van der Waals surface area contributed by atoms with Crippen molar-refractivity contribution in [3.8, 4) is 5.75 Å². The van der Waals surface area contributed by atoms with Crippen molar-refractivity contribution in [2.45, 2.75) is 25.9 Å². The van der Waals surface area contributed by atoms with Crippen molar-refractivity contribution >= 4 is 5.95 Å². The van der Waals surface area contributed by atoms with E-state index in [9.17, 15) is 17.6 Å². The van der Waals surface area contributed by atoms with Crippen LogP contribution in [0, 0.1) is 18.8 Å². The van der Waals surface area contributed by atoms with Gasteiger partial charge in [0.05, 0.1) is 12.2 Å². The van der Waals surface area contributed by atoms with Crippen LogP contribution in [0.25, 0.3) is 0 Å². The predicted molar refractivity (Wildman–Crippen MR) is 88.6 cm³/mol. The van der Waals surface area contributed by atoms with Gasteiger partial charge < -0.3 is 9.64 Å². The number of halogens is 4. The van der Waals surface area contributed by atoms with Gasteiger partial charge in [-0.25, -0.2) is 4.98 Å². The van der Waals surface area contributed by atoms with Gasteiger partial charge in [0.25, 0.3) is 0 Å². The number of para-hydroxylation sites is 1. The number of benzene rings is 1. The summed E-state index contributed by atoms with van der Waals surface area (Å²) in [5.74, 6) is -0.236. The minimum Gasteiger partial charge on any atom is -0.493 e. The van der Waals surface area contributed by atoms with Crippen LogP contribution < -0.4 is 9.64 Å². The van der Waals surface area contributed by atoms with Gasteiger partial charge in [-0.15, -0.1) is 0 Å². The van der Waals surface area contributed by atoms with E-state index in [0.717, 1.165) is 6.07 Å². The fourth-order valence-electron chi connectivity index (χ4n) is 2.99. The molecule has 2 heterocycles. The predicted octanol–water partition coefficient (Wildman–Crippen LogP) is 4.24. The molecule has 0 bridgehead atoms. The number of alkyl halides is 3. The zero-order valence-electron chi connectivity index (χ0n) is 14.3. The highest BCUT2D eigenvalue weighted by Gasteiger charge is 2.34. The van der Waals surface area contributed by atoms with Gasteiger partial charge >= 0.3 is 6.18 Å². The van der Waals surface area contributed by atoms with Crippen molar-refractivity contribution in [3.63, 3.8) is 0 Å². The normalized spacial score (nSPS) is 16.0. The molecule has 26 heavy (non-hydrogen) atoms. The smallest absolute Gasteiger partial charge is 0.419 e. The molecule has 8 heteroatoms. The summed E-state index contributed by atoms with van der Waals surface area (Å²) in [5.41, 5.74) is -0.206. The highest BCUT2D eigenvalue weighted by Crippen LogP contribution is 2.36. The molecule has 3 rings (SSSR count). The standard InChI is InChI=1S/C18H19F4N3O/c1-12-10-16(19)24-17(23-12)25-8-6-13(7-9-25)11-26-15-5-3-2-4-14(15)18(20,21)22/h2-5,10,13H,6-9,11H2,1H3. The number of aryl methyl sites for hydroxylation is 1. The number of anilines is 1. The molecule has 0 radical (unpaired) electrons. The van der Waals surface area contributed by atoms with Crippen molar-refractivity contribution in [3.05, 3.63) is 47.5 Å². The van der Waals surface area contributed by atoms with Gasteiger partial charge in [0.2, 0.25) is 11.9 Å². The Kier molecular flexibility index (Phi) is 5.29. The first kappa shape index (κ1) is 18.4. The number of hydrogen-bond acceptors (Lipinski definition) is 4. The van der Waals surface area contributed by atoms with Crippen molar-refractivity contribution in [2.24, 2.45) is 5.92 Å². The second kappa shape index (κ2) is 7.47. The van der Waals surface area contributed by atoms with Gasteiger partial charge in [0.15, 0.2) is 0 Å². The van der Waals surface area contributed by atoms with E-state index in [0.29, 0.717) is 37.6 Å². The minimum absolute atomic E-state index is 0.127. The lowest BCUT2D eigenvalue weighted by Gasteiger charge is -2.32. The van der Waals surface area contributed by atoms with Crippen LogP contribution in [0.15, 0.2) is 30.3 Å². The van der Waals surface area contributed by atoms with E-state index in [2.05, 4.69) is 9.97 Å². The van der Waals surface area contributed by atoms with Crippen LogP contribution in [0.3, 0.4) is 0 Å². The third kappa shape index (κ3) is 4.42. The summed E-state index contributed by atoms with van der Waals surface area (Å²) in [5, 5.41) is 0. The van der Waals surface area contributed by atoms with Crippen molar-refractivity contribution in [1.29, 1.82) is 0 Å². The van der Waals surface area contributed by atoms with Gasteiger partial charge in [-0.1, -0.05) is 12.1 Å². The van der Waals surface area contributed by atoms with Crippen LogP contribution in [0.2, 0.25) is 0 Å². The number of ether oxygens (including phenoxy) is 1. The van der Waals surface area contributed by atoms with E-state index in [1.54, 1.807) is 6.92 Å². The van der Waals surface area contributed by atoms with E-state index >= 15 is 0 Å². The van der Waals surface area contributed by atoms with E-state index in [1.807, 2.05) is 4.90 Å². The summed E-state index contributed by atoms with van der Waals surface area (Å²) in [6, 6.07) is 6.48. The van der Waals surface area contributed by atoms with Crippen LogP contribution in [0.4, 0.5) is 23.5 Å². The lowest BCUT2D eigenvalue weighted by atomic mass is 9.98. The minimum atomic E-state index is -4.44. The Morgan fingerprint density at radius 3 is 2.50 bits per heavy atom. The Hall–Kier alpha value is -2.38. The van der Waals surface area contributed by atoms with E-state index in [-0.39, 0.29) is 18.3 Å². The van der Waals surface area contributed by atoms with E-state index < -0.39 is 17.7 Å². The van der Waals surface area contributed by atoms with Gasteiger partial charge in [-0.05, 0) is 37.8 Å². The third-order valence-electron chi connectivity index (χ3n) is 4.38. The molecule has 1 aliphatic heterocycles. The summed E-state index contributed by atoms with van der Waals surface area (Å²) < 4.78 is 57.8. The molecule has 140 valence electrons. The fourth-order valence-corrected chi connectivity index (χ4v) is 2.99. The molecule has 0 amide bonds. The first-order valence-electron chi connectivity index (χ1n) is 8.38. The Balaban J connectivity index is 1.57. The molecular formula is C18H19F4N3O. The number of piperidine rings is 1. The van der Waals surface area contributed by atoms with Crippen LogP contribution in [0.5, 0.6) is 5.75 Å². The Labute approximate surface area is 148 Å². The second-order valence-corrected chi connectivity index (χ2v) is 6.37. The number of rotatable bonds is 4. The van der Waals surface area contributed by atoms with Crippen molar-refractivity contribution < 1.29 is 22.3 Å². The van der Waals surface area contributed by atoms with E-state index in [1.165, 1.54) is 24.3 Å². The maximum Gasteiger partial charge on any atom is 0.419 e. The lowest BCUT2D eigenvalue weighted by molar-refractivity contribution is -0.139. The number of aromatic nitrogens is 2. The molecule has 1 saturated heterocycles. The molecule has 0 saturated carbocycles. The van der Waals surface area contributed by atoms with Crippen LogP contribution in [-0.2, 0) is 6.18 Å². The molecule has 0 aliphatic carbocycles. The highest BCUT2D eigenvalue weighted by atomic mass is 19.4. The molecule has 1 aliphatic rings. The zero-order valence-corrected chi connectivity index (χ0v) is 14.3. The number of nitrogens with zero attached hydrogens (tertiary/aromatic N) is 3. The lowest BCUT2D eigenvalue weighted by Crippen LogP contribution is -2.36. The summed E-state index contributed by atoms with van der Waals surface area (Å²) in [6.07, 6.45) is -3.01. The summed E-state index contributed by atoms with van der Waals surface area (Å²) >= 11 is 0. The van der Waals surface area contributed by atoms with Crippen molar-refractivity contribution in [2.75, 3.05) is 24.6 Å². The Bertz CT molecular complexity index is 738. The molecule has 0 spiro atoms. The summed E-state index contributed by atoms with van der Waals surface area (Å²) in [6.45, 7) is 3.13. The molecular weight excluding hydrogens is 350 g/mol. The average molecular weight is 369 g/mol. The average Bonchev–Trinajstić information content (AvgIpc) is 2.59. The number of hydrogen-bond donors (Lipinski definition) is 0. The molecule has 4 nitrogen and oxygen atoms in total. The first-order chi connectivity index (χ1) is 12.3. The molecule has 2 aromatic rings. The first-order valence-corrected chi connectivity index (χ1v) is 8.38. The molecule has 0 atom stereocenters. The highest BCUT2D eigenvalue weighted by molar-refractivity contribution is 5.35.